The van der Waals surface area contributed by atoms with Crippen molar-refractivity contribution >= 4 is 59.1 Å². The molecule has 9 amide bonds. The number of hydrogen-bond donors (Lipinski definition) is 11. The fourth-order valence-electron chi connectivity index (χ4n) is 10.9. The highest BCUT2D eigenvalue weighted by Gasteiger charge is 2.42. The highest BCUT2D eigenvalue weighted by molar-refractivity contribution is 5.98. The molecule has 15 N–H and O–H groups in total. The number of aliphatic hydroxyl groups excluding tert-OH is 1. The monoisotopic (exact) mass is 1180 g/mol. The Balaban J connectivity index is 1.74. The minimum Gasteiger partial charge on any atom is -0.394 e. The number of guanidine groups is 1. The average Bonchev–Trinajstić information content (AvgIpc) is 3.56. The molecule has 0 saturated carbocycles. The molecule has 1 aromatic carbocycles. The van der Waals surface area contributed by atoms with Gasteiger partial charge in [-0.25, -0.2) is 0 Å². The van der Waals surface area contributed by atoms with Crippen LogP contribution < -0.4 is 54.8 Å². The van der Waals surface area contributed by atoms with Crippen LogP contribution in [-0.2, 0) is 49.6 Å². The molecule has 23 nitrogen and oxygen atoms in total. The fraction of sp³-hybridized carbons (Fsp3) is 0.738. The van der Waals surface area contributed by atoms with Gasteiger partial charge in [-0.15, -0.1) is 0 Å². The van der Waals surface area contributed by atoms with Gasteiger partial charge in [0.05, 0.1) is 6.61 Å². The molecular formula is C61H105N13O10. The summed E-state index contributed by atoms with van der Waals surface area (Å²) in [5.74, 6) is -6.09. The second-order valence-electron chi connectivity index (χ2n) is 23.6. The van der Waals surface area contributed by atoms with E-state index in [2.05, 4.69) is 43.8 Å². The summed E-state index contributed by atoms with van der Waals surface area (Å²) in [5, 5.41) is 26.8. The van der Waals surface area contributed by atoms with Crippen LogP contribution in [0.4, 0.5) is 0 Å². The molecule has 0 aromatic heterocycles. The van der Waals surface area contributed by atoms with Crippen LogP contribution in [0.3, 0.4) is 0 Å². The molecule has 0 unspecified atom stereocenters. The molecule has 0 bridgehead atoms. The van der Waals surface area contributed by atoms with Gasteiger partial charge < -0.3 is 69.7 Å². The van der Waals surface area contributed by atoms with Gasteiger partial charge in [0.25, 0.3) is 0 Å². The second kappa shape index (κ2) is 40.0. The molecule has 0 aliphatic carbocycles. The first-order chi connectivity index (χ1) is 40.2. The van der Waals surface area contributed by atoms with E-state index in [0.29, 0.717) is 44.2 Å². The maximum atomic E-state index is 14.7. The summed E-state index contributed by atoms with van der Waals surface area (Å²) in [5.41, 5.74) is 23.2. The lowest BCUT2D eigenvalue weighted by atomic mass is 10.0. The highest BCUT2D eigenvalue weighted by atomic mass is 16.3. The number of hydrogen-bond acceptors (Lipinski definition) is 12. The predicted molar refractivity (Wildman–Crippen MR) is 325 cm³/mol. The Morgan fingerprint density at radius 2 is 1.10 bits per heavy atom. The zero-order chi connectivity index (χ0) is 62.0. The van der Waals surface area contributed by atoms with Gasteiger partial charge in [-0.05, 0) is 94.6 Å². The maximum absolute atomic E-state index is 14.7. The third-order valence-corrected chi connectivity index (χ3v) is 15.7. The normalized spacial score (nSPS) is 17.1. The van der Waals surface area contributed by atoms with Crippen molar-refractivity contribution in [2.75, 3.05) is 32.8 Å². The van der Waals surface area contributed by atoms with E-state index >= 15 is 0 Å². The maximum Gasteiger partial charge on any atom is 0.246 e. The first kappa shape index (κ1) is 71.9. The van der Waals surface area contributed by atoms with Crippen molar-refractivity contribution in [1.29, 1.82) is 0 Å². The Bertz CT molecular complexity index is 2230. The van der Waals surface area contributed by atoms with Crippen LogP contribution >= 0.6 is 0 Å². The van der Waals surface area contributed by atoms with E-state index in [4.69, 9.17) is 22.9 Å². The summed E-state index contributed by atoms with van der Waals surface area (Å²) in [6.45, 7) is 9.58. The minimum atomic E-state index is -1.30. The zero-order valence-electron chi connectivity index (χ0n) is 51.1. The number of carbonyl (C=O) groups is 9. The Morgan fingerprint density at radius 3 is 1.62 bits per heavy atom. The fourth-order valence-corrected chi connectivity index (χ4v) is 10.9. The van der Waals surface area contributed by atoms with Crippen LogP contribution in [0.1, 0.15) is 194 Å². The summed E-state index contributed by atoms with van der Waals surface area (Å²) in [6.07, 6.45) is 18.4. The van der Waals surface area contributed by atoms with Gasteiger partial charge in [-0.1, -0.05) is 142 Å². The van der Waals surface area contributed by atoms with Crippen molar-refractivity contribution in [3.8, 4) is 0 Å². The first-order valence-corrected chi connectivity index (χ1v) is 31.3. The highest BCUT2D eigenvalue weighted by Crippen LogP contribution is 2.24. The lowest BCUT2D eigenvalue weighted by Crippen LogP contribution is -2.61. The number of amides is 9. The molecule has 2 aliphatic rings. The zero-order valence-corrected chi connectivity index (χ0v) is 51.1. The quantitative estimate of drug-likeness (QED) is 0.0255. The van der Waals surface area contributed by atoms with E-state index in [0.717, 1.165) is 19.3 Å². The molecule has 2 saturated heterocycles. The Hall–Kier alpha value is -6.36. The smallest absolute Gasteiger partial charge is 0.246 e. The van der Waals surface area contributed by atoms with Gasteiger partial charge in [-0.2, -0.15) is 0 Å². The summed E-state index contributed by atoms with van der Waals surface area (Å²) < 4.78 is 0. The van der Waals surface area contributed by atoms with Crippen LogP contribution in [0, 0.1) is 11.8 Å². The molecule has 474 valence electrons. The van der Waals surface area contributed by atoms with Crippen LogP contribution in [0.2, 0.25) is 0 Å². The van der Waals surface area contributed by atoms with Crippen LogP contribution in [0.25, 0.3) is 0 Å². The van der Waals surface area contributed by atoms with Crippen LogP contribution in [0.5, 0.6) is 0 Å². The van der Waals surface area contributed by atoms with E-state index in [9.17, 15) is 48.3 Å². The summed E-state index contributed by atoms with van der Waals surface area (Å²) in [6, 6.07) is -0.0757. The number of nitrogens with one attached hydrogen (secondary N) is 6. The van der Waals surface area contributed by atoms with Gasteiger partial charge in [-0.3, -0.25) is 48.1 Å². The Morgan fingerprint density at radius 1 is 0.583 bits per heavy atom. The van der Waals surface area contributed by atoms with E-state index in [-0.39, 0.29) is 88.8 Å². The average molecular weight is 1180 g/mol. The van der Waals surface area contributed by atoms with Gasteiger partial charge in [0.15, 0.2) is 5.96 Å². The van der Waals surface area contributed by atoms with Crippen molar-refractivity contribution in [2.45, 2.75) is 243 Å². The number of rotatable bonds is 42. The van der Waals surface area contributed by atoms with E-state index in [1.54, 1.807) is 38.1 Å². The van der Waals surface area contributed by atoms with E-state index < -0.39 is 108 Å². The predicted octanol–water partition coefficient (Wildman–Crippen LogP) is 2.96. The number of carbonyl (C=O) groups excluding carboxylic acids is 9. The Labute approximate surface area is 499 Å². The molecule has 0 radical (unpaired) electrons. The summed E-state index contributed by atoms with van der Waals surface area (Å²) in [4.78, 5) is 132. The van der Waals surface area contributed by atoms with Crippen molar-refractivity contribution in [1.82, 2.24) is 41.7 Å². The molecule has 2 aliphatic heterocycles. The van der Waals surface area contributed by atoms with Crippen molar-refractivity contribution in [3.63, 3.8) is 0 Å². The lowest BCUT2D eigenvalue weighted by Gasteiger charge is -2.32. The topological polar surface area (TPSA) is 369 Å². The Kier molecular flexibility index (Phi) is 34.3. The number of aliphatic hydroxyl groups is 1. The first-order valence-electron chi connectivity index (χ1n) is 31.3. The number of nitrogens with zero attached hydrogens (tertiary/aromatic N) is 3. The van der Waals surface area contributed by atoms with Crippen molar-refractivity contribution in [3.05, 3.63) is 35.9 Å². The molecule has 2 fully saturated rings. The third-order valence-electron chi connectivity index (χ3n) is 15.7. The molecule has 1 aromatic rings. The van der Waals surface area contributed by atoms with E-state index in [1.165, 1.54) is 67.6 Å². The van der Waals surface area contributed by atoms with Crippen molar-refractivity contribution in [2.24, 2.45) is 39.8 Å². The minimum absolute atomic E-state index is 0.0102. The van der Waals surface area contributed by atoms with Crippen molar-refractivity contribution < 1.29 is 48.3 Å². The lowest BCUT2D eigenvalue weighted by molar-refractivity contribution is -0.144. The summed E-state index contributed by atoms with van der Waals surface area (Å²) >= 11 is 0. The number of nitrogens with two attached hydrogens (primary N) is 4. The van der Waals surface area contributed by atoms with Gasteiger partial charge >= 0.3 is 0 Å². The number of benzene rings is 1. The van der Waals surface area contributed by atoms with Gasteiger partial charge in [0.1, 0.15) is 48.3 Å². The molecule has 23 heteroatoms. The SMILES string of the molecule is CCCCCCCCCCCCCCCC(=O)N[C@@H](CO)C(=O)N[C@H](C(=O)N1CCC[C@H]1C(=O)N[C@@H](Cc1ccccc1)C(=O)N[C@@H](CCCCN)C(=O)N1CCC[C@H]1C(=O)N[C@@H](CCCN=C(N)N)C(=O)N[C@@H](CC(C)C)C(N)=O)C(C)C. The largest absolute Gasteiger partial charge is 0.394 e. The molecular weight excluding hydrogens is 1070 g/mol. The standard InChI is InChI=1S/C61H105N13O10/c1-6-7-8-9-10-11-12-13-14-15-16-17-21-33-51(76)67-48(40-75)56(80)72-52(42(4)5)60(84)74-37-26-32-50(74)58(82)71-47(39-43-27-19-18-20-28-43)55(79)69-45(29-22-23-34-62)59(83)73-36-25-31-49(73)57(81)68-44(30-24-35-66-61(64)65)54(78)70-46(53(63)77)38-41(2)3/h18-20,27-28,41-42,44-50,52,75H,6-17,21-26,29-40,62H2,1-5H3,(H2,63,77)(H,67,76)(H,68,81)(H,69,79)(H,70,78)(H,71,82)(H,72,80)(H4,64,65,66)/t44-,45-,46-,47-,48-,49-,50-,52-/m0/s1. The number of aliphatic imine (C=N–C) groups is 1. The molecule has 84 heavy (non-hydrogen) atoms. The summed E-state index contributed by atoms with van der Waals surface area (Å²) in [7, 11) is 0. The molecule has 0 spiro atoms. The molecule has 2 heterocycles. The molecule has 8 atom stereocenters. The number of likely N-dealkylation sites (tertiary alicyclic amines) is 2. The van der Waals surface area contributed by atoms with E-state index in [1.807, 2.05) is 19.9 Å². The third kappa shape index (κ3) is 26.3. The van der Waals surface area contributed by atoms with Crippen LogP contribution in [0.15, 0.2) is 35.3 Å². The number of primary amides is 1. The van der Waals surface area contributed by atoms with Gasteiger partial charge in [0, 0.05) is 32.5 Å². The number of unbranched alkanes of at least 4 members (excludes halogenated alkanes) is 13. The van der Waals surface area contributed by atoms with Gasteiger partial charge in [0.2, 0.25) is 53.2 Å². The second-order valence-corrected chi connectivity index (χ2v) is 23.6. The van der Waals surface area contributed by atoms with Crippen LogP contribution in [-0.4, -0.2) is 155 Å². The molecule has 3 rings (SSSR count).